The predicted molar refractivity (Wildman–Crippen MR) is 99.1 cm³/mol. The minimum absolute atomic E-state index is 0.755. The largest absolute Gasteiger partial charge is 0.381 e. The molecular formula is C20H42O3. The maximum atomic E-state index is 5.80. The fraction of sp³-hybridized carbons (Fsp3) is 1.00. The van der Waals surface area contributed by atoms with Crippen molar-refractivity contribution in [3.8, 4) is 0 Å². The van der Waals surface area contributed by atoms with Gasteiger partial charge >= 0.3 is 0 Å². The van der Waals surface area contributed by atoms with Crippen LogP contribution >= 0.6 is 0 Å². The zero-order valence-electron chi connectivity index (χ0n) is 16.1. The van der Waals surface area contributed by atoms with Crippen molar-refractivity contribution in [2.75, 3.05) is 39.6 Å². The smallest absolute Gasteiger partial charge is 0.0494 e. The molecule has 1 unspecified atom stereocenters. The molecule has 0 spiro atoms. The molecule has 0 amide bonds. The van der Waals surface area contributed by atoms with Crippen molar-refractivity contribution in [1.82, 2.24) is 0 Å². The van der Waals surface area contributed by atoms with Crippen LogP contribution in [0.1, 0.15) is 85.0 Å². The lowest BCUT2D eigenvalue weighted by atomic mass is 10.0. The number of hydrogen-bond acceptors (Lipinski definition) is 3. The molecule has 3 nitrogen and oxygen atoms in total. The van der Waals surface area contributed by atoms with E-state index in [9.17, 15) is 0 Å². The Labute approximate surface area is 145 Å². The third-order valence-corrected chi connectivity index (χ3v) is 4.19. The summed E-state index contributed by atoms with van der Waals surface area (Å²) in [5.74, 6) is 0.755. The van der Waals surface area contributed by atoms with Crippen molar-refractivity contribution in [2.45, 2.75) is 85.0 Å². The zero-order chi connectivity index (χ0) is 17.0. The SMILES string of the molecule is CCCCOCCCCOCCCCOCC(CC)CCCC. The van der Waals surface area contributed by atoms with Crippen LogP contribution in [-0.4, -0.2) is 39.6 Å². The van der Waals surface area contributed by atoms with Crippen LogP contribution in [0, 0.1) is 5.92 Å². The molecule has 0 aromatic heterocycles. The van der Waals surface area contributed by atoms with Crippen molar-refractivity contribution in [3.05, 3.63) is 0 Å². The van der Waals surface area contributed by atoms with Gasteiger partial charge in [0, 0.05) is 39.6 Å². The van der Waals surface area contributed by atoms with E-state index in [0.29, 0.717) is 0 Å². The second-order valence-corrected chi connectivity index (χ2v) is 6.48. The molecule has 0 aliphatic heterocycles. The number of hydrogen-bond donors (Lipinski definition) is 0. The van der Waals surface area contributed by atoms with E-state index in [1.165, 1.54) is 38.5 Å². The number of ether oxygens (including phenoxy) is 3. The van der Waals surface area contributed by atoms with E-state index < -0.39 is 0 Å². The van der Waals surface area contributed by atoms with Gasteiger partial charge in [0.15, 0.2) is 0 Å². The van der Waals surface area contributed by atoms with Gasteiger partial charge in [-0.05, 0) is 44.4 Å². The highest BCUT2D eigenvalue weighted by Crippen LogP contribution is 2.12. The molecule has 0 heterocycles. The molecule has 1 atom stereocenters. The zero-order valence-corrected chi connectivity index (χ0v) is 16.1. The van der Waals surface area contributed by atoms with E-state index in [1.807, 2.05) is 0 Å². The summed E-state index contributed by atoms with van der Waals surface area (Å²) in [5.41, 5.74) is 0. The van der Waals surface area contributed by atoms with E-state index in [0.717, 1.165) is 71.2 Å². The average molecular weight is 331 g/mol. The molecule has 140 valence electrons. The minimum Gasteiger partial charge on any atom is -0.381 e. The highest BCUT2D eigenvalue weighted by atomic mass is 16.5. The molecular weight excluding hydrogens is 288 g/mol. The number of unbranched alkanes of at least 4 members (excludes halogenated alkanes) is 4. The second-order valence-electron chi connectivity index (χ2n) is 6.48. The third kappa shape index (κ3) is 18.1. The Morgan fingerprint density at radius 2 is 1.04 bits per heavy atom. The summed E-state index contributed by atoms with van der Waals surface area (Å²) >= 11 is 0. The van der Waals surface area contributed by atoms with Crippen LogP contribution in [0.5, 0.6) is 0 Å². The van der Waals surface area contributed by atoms with Gasteiger partial charge in [0.25, 0.3) is 0 Å². The maximum absolute atomic E-state index is 5.80. The van der Waals surface area contributed by atoms with Crippen molar-refractivity contribution in [3.63, 3.8) is 0 Å². The summed E-state index contributed by atoms with van der Waals surface area (Å²) < 4.78 is 17.0. The Balaban J connectivity index is 3.12. The summed E-state index contributed by atoms with van der Waals surface area (Å²) in [6.07, 6.45) is 12.0. The first-order valence-corrected chi connectivity index (χ1v) is 10.1. The van der Waals surface area contributed by atoms with E-state index in [-0.39, 0.29) is 0 Å². The molecule has 23 heavy (non-hydrogen) atoms. The topological polar surface area (TPSA) is 27.7 Å². The third-order valence-electron chi connectivity index (χ3n) is 4.19. The molecule has 0 rings (SSSR count). The van der Waals surface area contributed by atoms with E-state index >= 15 is 0 Å². The van der Waals surface area contributed by atoms with Crippen molar-refractivity contribution in [1.29, 1.82) is 0 Å². The Kier molecular flexibility index (Phi) is 19.8. The van der Waals surface area contributed by atoms with Crippen LogP contribution in [0.15, 0.2) is 0 Å². The van der Waals surface area contributed by atoms with Crippen LogP contribution in [0.2, 0.25) is 0 Å². The van der Waals surface area contributed by atoms with E-state index in [1.54, 1.807) is 0 Å². The quantitative estimate of drug-likeness (QED) is 0.288. The van der Waals surface area contributed by atoms with Gasteiger partial charge in [-0.3, -0.25) is 0 Å². The lowest BCUT2D eigenvalue weighted by Gasteiger charge is -2.14. The second kappa shape index (κ2) is 19.9. The molecule has 0 fully saturated rings. The van der Waals surface area contributed by atoms with Gasteiger partial charge in [-0.1, -0.05) is 46.5 Å². The first-order valence-electron chi connectivity index (χ1n) is 10.1. The van der Waals surface area contributed by atoms with Gasteiger partial charge < -0.3 is 14.2 Å². The van der Waals surface area contributed by atoms with Gasteiger partial charge in [0.1, 0.15) is 0 Å². The van der Waals surface area contributed by atoms with E-state index in [4.69, 9.17) is 14.2 Å². The highest BCUT2D eigenvalue weighted by Gasteiger charge is 2.05. The van der Waals surface area contributed by atoms with Crippen LogP contribution in [0.25, 0.3) is 0 Å². The molecule has 0 N–H and O–H groups in total. The minimum atomic E-state index is 0.755. The summed E-state index contributed by atoms with van der Waals surface area (Å²) in [6, 6.07) is 0. The molecule has 0 radical (unpaired) electrons. The van der Waals surface area contributed by atoms with Gasteiger partial charge in [-0.2, -0.15) is 0 Å². The Morgan fingerprint density at radius 1 is 0.565 bits per heavy atom. The van der Waals surface area contributed by atoms with Gasteiger partial charge in [0.05, 0.1) is 0 Å². The average Bonchev–Trinajstić information content (AvgIpc) is 2.57. The van der Waals surface area contributed by atoms with Gasteiger partial charge in [-0.25, -0.2) is 0 Å². The molecule has 0 saturated carbocycles. The van der Waals surface area contributed by atoms with Crippen molar-refractivity contribution < 1.29 is 14.2 Å². The van der Waals surface area contributed by atoms with Gasteiger partial charge in [0.2, 0.25) is 0 Å². The maximum Gasteiger partial charge on any atom is 0.0494 e. The van der Waals surface area contributed by atoms with Crippen LogP contribution in [-0.2, 0) is 14.2 Å². The lowest BCUT2D eigenvalue weighted by Crippen LogP contribution is -2.10. The molecule has 0 aliphatic carbocycles. The van der Waals surface area contributed by atoms with Crippen LogP contribution in [0.4, 0.5) is 0 Å². The number of rotatable bonds is 19. The Hall–Kier alpha value is -0.120. The standard InChI is InChI=1S/C20H42O3/c1-4-7-13-20(6-3)19-23-18-12-11-17-22-16-10-9-15-21-14-8-5-2/h20H,4-19H2,1-3H3. The normalized spacial score (nSPS) is 12.7. The molecule has 0 saturated heterocycles. The first-order chi connectivity index (χ1) is 11.3. The molecule has 0 bridgehead atoms. The van der Waals surface area contributed by atoms with Gasteiger partial charge in [-0.15, -0.1) is 0 Å². The summed E-state index contributed by atoms with van der Waals surface area (Å²) in [5, 5.41) is 0. The molecule has 0 aromatic rings. The summed E-state index contributed by atoms with van der Waals surface area (Å²) in [4.78, 5) is 0. The van der Waals surface area contributed by atoms with Crippen LogP contribution < -0.4 is 0 Å². The lowest BCUT2D eigenvalue weighted by molar-refractivity contribution is 0.0758. The molecule has 0 aromatic carbocycles. The molecule has 0 aliphatic rings. The summed E-state index contributed by atoms with van der Waals surface area (Å²) in [7, 11) is 0. The Morgan fingerprint density at radius 3 is 1.52 bits per heavy atom. The van der Waals surface area contributed by atoms with Crippen molar-refractivity contribution in [2.24, 2.45) is 5.92 Å². The Bertz CT molecular complexity index is 209. The van der Waals surface area contributed by atoms with E-state index in [2.05, 4.69) is 20.8 Å². The fourth-order valence-corrected chi connectivity index (χ4v) is 2.42. The van der Waals surface area contributed by atoms with Crippen molar-refractivity contribution >= 4 is 0 Å². The highest BCUT2D eigenvalue weighted by molar-refractivity contribution is 4.55. The van der Waals surface area contributed by atoms with Crippen LogP contribution in [0.3, 0.4) is 0 Å². The first kappa shape index (κ1) is 22.9. The molecule has 3 heteroatoms. The predicted octanol–water partition coefficient (Wildman–Crippen LogP) is 5.61. The fourth-order valence-electron chi connectivity index (χ4n) is 2.42. The summed E-state index contributed by atoms with van der Waals surface area (Å²) in [6.45, 7) is 12.1. The monoisotopic (exact) mass is 330 g/mol.